The summed E-state index contributed by atoms with van der Waals surface area (Å²) in [6.45, 7) is 4.23. The average Bonchev–Trinajstić information content (AvgIpc) is 2.86. The van der Waals surface area contributed by atoms with Crippen LogP contribution in [-0.2, 0) is 14.1 Å². The van der Waals surface area contributed by atoms with Crippen LogP contribution in [0.3, 0.4) is 0 Å². The van der Waals surface area contributed by atoms with Gasteiger partial charge in [-0.05, 0) is 12.8 Å². The second kappa shape index (κ2) is 5.52. The molecule has 7 nitrogen and oxygen atoms in total. The molecule has 1 atom stereocenters. The lowest BCUT2D eigenvalue weighted by Gasteiger charge is -2.14. The molecule has 2 rings (SSSR count). The van der Waals surface area contributed by atoms with E-state index < -0.39 is 0 Å². The summed E-state index contributed by atoms with van der Waals surface area (Å²) in [4.78, 5) is 31.2. The Kier molecular flexibility index (Phi) is 3.96. The Balaban J connectivity index is 2.49. The van der Waals surface area contributed by atoms with Crippen LogP contribution >= 0.6 is 0 Å². The van der Waals surface area contributed by atoms with E-state index in [1.54, 1.807) is 7.05 Å². The predicted molar refractivity (Wildman–Crippen MR) is 79.2 cm³/mol. The topological polar surface area (TPSA) is 84.7 Å². The van der Waals surface area contributed by atoms with E-state index in [1.165, 1.54) is 11.6 Å². The highest BCUT2D eigenvalue weighted by atomic mass is 16.2. The SMILES string of the molecule is CCCC(CC)Nc1nc2c([nH]1)c(=O)n(C)c(=O)n2C. The summed E-state index contributed by atoms with van der Waals surface area (Å²) in [6.07, 6.45) is 3.08. The summed E-state index contributed by atoms with van der Waals surface area (Å²) in [5.74, 6) is 0.540. The number of nitrogens with zero attached hydrogens (tertiary/aromatic N) is 3. The largest absolute Gasteiger partial charge is 0.353 e. The van der Waals surface area contributed by atoms with Gasteiger partial charge in [0.1, 0.15) is 0 Å². The number of nitrogens with one attached hydrogen (secondary N) is 2. The predicted octanol–water partition coefficient (Wildman–Crippen LogP) is 0.951. The molecule has 0 aromatic carbocycles. The highest BCUT2D eigenvalue weighted by Gasteiger charge is 2.14. The van der Waals surface area contributed by atoms with Crippen molar-refractivity contribution in [2.75, 3.05) is 5.32 Å². The zero-order chi connectivity index (χ0) is 14.9. The first-order valence-electron chi connectivity index (χ1n) is 6.91. The number of hydrogen-bond donors (Lipinski definition) is 2. The Morgan fingerprint density at radius 1 is 1.25 bits per heavy atom. The van der Waals surface area contributed by atoms with Crippen LogP contribution in [0.4, 0.5) is 5.95 Å². The molecule has 0 aliphatic carbocycles. The molecule has 20 heavy (non-hydrogen) atoms. The highest BCUT2D eigenvalue weighted by molar-refractivity contribution is 5.72. The summed E-state index contributed by atoms with van der Waals surface area (Å²) in [5.41, 5.74) is 0.00347. The van der Waals surface area contributed by atoms with E-state index in [0.29, 0.717) is 23.2 Å². The number of rotatable bonds is 5. The molecule has 0 amide bonds. The zero-order valence-electron chi connectivity index (χ0n) is 12.4. The number of imidazole rings is 1. The number of aryl methyl sites for hydroxylation is 1. The summed E-state index contributed by atoms with van der Waals surface area (Å²) in [7, 11) is 3.07. The first-order chi connectivity index (χ1) is 9.49. The molecular formula is C13H21N5O2. The third-order valence-electron chi connectivity index (χ3n) is 3.57. The van der Waals surface area contributed by atoms with Crippen molar-refractivity contribution < 1.29 is 0 Å². The zero-order valence-corrected chi connectivity index (χ0v) is 12.4. The van der Waals surface area contributed by atoms with Gasteiger partial charge in [-0.3, -0.25) is 13.9 Å². The van der Waals surface area contributed by atoms with Gasteiger partial charge in [0, 0.05) is 20.1 Å². The molecule has 2 aromatic heterocycles. The molecule has 0 radical (unpaired) electrons. The van der Waals surface area contributed by atoms with Gasteiger partial charge in [0.05, 0.1) is 0 Å². The van der Waals surface area contributed by atoms with E-state index in [-0.39, 0.29) is 11.2 Å². The van der Waals surface area contributed by atoms with Crippen LogP contribution in [0.15, 0.2) is 9.59 Å². The molecule has 0 aliphatic rings. The van der Waals surface area contributed by atoms with Gasteiger partial charge in [-0.15, -0.1) is 0 Å². The fourth-order valence-electron chi connectivity index (χ4n) is 2.31. The van der Waals surface area contributed by atoms with E-state index in [9.17, 15) is 9.59 Å². The van der Waals surface area contributed by atoms with E-state index in [4.69, 9.17) is 0 Å². The summed E-state index contributed by atoms with van der Waals surface area (Å²) in [5, 5.41) is 3.28. The van der Waals surface area contributed by atoms with Crippen molar-refractivity contribution in [3.05, 3.63) is 20.8 Å². The molecule has 110 valence electrons. The third-order valence-corrected chi connectivity index (χ3v) is 3.57. The van der Waals surface area contributed by atoms with Crippen LogP contribution in [-0.4, -0.2) is 25.1 Å². The van der Waals surface area contributed by atoms with Gasteiger partial charge < -0.3 is 10.3 Å². The number of H-pyrrole nitrogens is 1. The van der Waals surface area contributed by atoms with Crippen LogP contribution in [0.25, 0.3) is 11.2 Å². The van der Waals surface area contributed by atoms with Crippen LogP contribution in [0, 0.1) is 0 Å². The minimum Gasteiger partial charge on any atom is -0.353 e. The molecule has 0 saturated carbocycles. The van der Waals surface area contributed by atoms with Crippen LogP contribution in [0.5, 0.6) is 0 Å². The highest BCUT2D eigenvalue weighted by Crippen LogP contribution is 2.12. The number of hydrogen-bond acceptors (Lipinski definition) is 4. The summed E-state index contributed by atoms with van der Waals surface area (Å²) < 4.78 is 2.45. The van der Waals surface area contributed by atoms with Gasteiger partial charge in [-0.1, -0.05) is 20.3 Å². The minimum atomic E-state index is -0.374. The summed E-state index contributed by atoms with van der Waals surface area (Å²) >= 11 is 0. The Bertz CT molecular complexity index is 725. The Labute approximate surface area is 116 Å². The van der Waals surface area contributed by atoms with E-state index in [0.717, 1.165) is 23.8 Å². The van der Waals surface area contributed by atoms with Gasteiger partial charge in [0.15, 0.2) is 11.2 Å². The molecule has 2 N–H and O–H groups in total. The van der Waals surface area contributed by atoms with Crippen LogP contribution in [0.2, 0.25) is 0 Å². The van der Waals surface area contributed by atoms with Gasteiger partial charge in [-0.25, -0.2) is 4.79 Å². The molecule has 7 heteroatoms. The molecule has 2 aromatic rings. The Morgan fingerprint density at radius 3 is 2.55 bits per heavy atom. The van der Waals surface area contributed by atoms with E-state index >= 15 is 0 Å². The van der Waals surface area contributed by atoms with E-state index in [1.807, 2.05) is 0 Å². The van der Waals surface area contributed by atoms with Crippen molar-refractivity contribution in [1.82, 2.24) is 19.1 Å². The monoisotopic (exact) mass is 279 g/mol. The van der Waals surface area contributed by atoms with Gasteiger partial charge in [0.25, 0.3) is 5.56 Å². The van der Waals surface area contributed by atoms with Crippen LogP contribution in [0.1, 0.15) is 33.1 Å². The first kappa shape index (κ1) is 14.4. The number of fused-ring (bicyclic) bond motifs is 1. The molecule has 0 fully saturated rings. The quantitative estimate of drug-likeness (QED) is 0.853. The fraction of sp³-hybridized carbons (Fsp3) is 0.615. The van der Waals surface area contributed by atoms with Crippen molar-refractivity contribution in [2.24, 2.45) is 14.1 Å². The molecule has 0 spiro atoms. The van der Waals surface area contributed by atoms with Crippen molar-refractivity contribution in [3.8, 4) is 0 Å². The third kappa shape index (κ3) is 2.35. The van der Waals surface area contributed by atoms with Crippen molar-refractivity contribution in [3.63, 3.8) is 0 Å². The van der Waals surface area contributed by atoms with Gasteiger partial charge >= 0.3 is 5.69 Å². The number of aromatic nitrogens is 4. The lowest BCUT2D eigenvalue weighted by atomic mass is 10.1. The average molecular weight is 279 g/mol. The van der Waals surface area contributed by atoms with Gasteiger partial charge in [-0.2, -0.15) is 4.98 Å². The minimum absolute atomic E-state index is 0.307. The van der Waals surface area contributed by atoms with E-state index in [2.05, 4.69) is 29.1 Å². The van der Waals surface area contributed by atoms with Crippen molar-refractivity contribution >= 4 is 17.1 Å². The lowest BCUT2D eigenvalue weighted by Crippen LogP contribution is -2.36. The first-order valence-corrected chi connectivity index (χ1v) is 6.91. The number of anilines is 1. The normalized spacial score (nSPS) is 12.8. The maximum atomic E-state index is 12.0. The second-order valence-corrected chi connectivity index (χ2v) is 5.03. The molecular weight excluding hydrogens is 258 g/mol. The smallest absolute Gasteiger partial charge is 0.332 e. The van der Waals surface area contributed by atoms with Crippen molar-refractivity contribution in [2.45, 2.75) is 39.2 Å². The molecule has 0 saturated heterocycles. The maximum absolute atomic E-state index is 12.0. The lowest BCUT2D eigenvalue weighted by molar-refractivity contribution is 0.619. The number of aromatic amines is 1. The summed E-state index contributed by atoms with van der Waals surface area (Å²) in [6, 6.07) is 0.307. The molecule has 2 heterocycles. The standard InChI is InChI=1S/C13H21N5O2/c1-5-7-8(6-2)14-12-15-9-10(16-12)17(3)13(20)18(4)11(9)19/h8H,5-7H2,1-4H3,(H2,14,15,16). The van der Waals surface area contributed by atoms with Gasteiger partial charge in [0.2, 0.25) is 5.95 Å². The molecule has 0 aliphatic heterocycles. The Hall–Kier alpha value is -2.05. The second-order valence-electron chi connectivity index (χ2n) is 5.03. The van der Waals surface area contributed by atoms with Crippen molar-refractivity contribution in [1.29, 1.82) is 0 Å². The Morgan fingerprint density at radius 2 is 1.95 bits per heavy atom. The molecule has 1 unspecified atom stereocenters. The maximum Gasteiger partial charge on any atom is 0.332 e. The molecule has 0 bridgehead atoms. The van der Waals surface area contributed by atoms with Crippen LogP contribution < -0.4 is 16.6 Å². The fourth-order valence-corrected chi connectivity index (χ4v) is 2.31.